The Morgan fingerprint density at radius 2 is 2.07 bits per heavy atom. The molecule has 0 heterocycles. The highest BCUT2D eigenvalue weighted by molar-refractivity contribution is 6.31. The minimum Gasteiger partial charge on any atom is -0.372 e. The van der Waals surface area contributed by atoms with Gasteiger partial charge in [-0.15, -0.1) is 0 Å². The minimum atomic E-state index is -0.112. The van der Waals surface area contributed by atoms with Crippen molar-refractivity contribution in [1.29, 1.82) is 0 Å². The zero-order valence-electron chi connectivity index (χ0n) is 9.24. The van der Waals surface area contributed by atoms with E-state index in [-0.39, 0.29) is 12.1 Å². The van der Waals surface area contributed by atoms with Crippen LogP contribution in [-0.4, -0.2) is 12.6 Å². The quantitative estimate of drug-likeness (QED) is 0.839. The molecule has 2 nitrogen and oxygen atoms in total. The molecule has 0 bridgehead atoms. The molecule has 1 rings (SSSR count). The lowest BCUT2D eigenvalue weighted by atomic mass is 10.0. The number of hydrogen-bond donors (Lipinski definition) is 1. The van der Waals surface area contributed by atoms with Gasteiger partial charge in [0.15, 0.2) is 0 Å². The molecule has 2 unspecified atom stereocenters. The Kier molecular flexibility index (Phi) is 5.09. The molecule has 0 spiro atoms. The van der Waals surface area contributed by atoms with Gasteiger partial charge in [-0.05, 0) is 19.4 Å². The molecule has 0 aromatic heterocycles. The van der Waals surface area contributed by atoms with Gasteiger partial charge in [-0.2, -0.15) is 0 Å². The van der Waals surface area contributed by atoms with Crippen LogP contribution in [0.2, 0.25) is 5.02 Å². The van der Waals surface area contributed by atoms with Gasteiger partial charge >= 0.3 is 0 Å². The monoisotopic (exact) mass is 227 g/mol. The first-order chi connectivity index (χ1) is 7.16. The van der Waals surface area contributed by atoms with Crippen LogP contribution in [0.1, 0.15) is 31.9 Å². The molecular weight excluding hydrogens is 210 g/mol. The number of rotatable bonds is 5. The van der Waals surface area contributed by atoms with Crippen molar-refractivity contribution >= 4 is 11.6 Å². The molecular formula is C12H18ClNO. The minimum absolute atomic E-state index is 0.0588. The zero-order chi connectivity index (χ0) is 11.3. The fourth-order valence-electron chi connectivity index (χ4n) is 1.48. The van der Waals surface area contributed by atoms with Crippen molar-refractivity contribution in [3.05, 3.63) is 34.9 Å². The van der Waals surface area contributed by atoms with Crippen molar-refractivity contribution in [3.63, 3.8) is 0 Å². The molecule has 15 heavy (non-hydrogen) atoms. The lowest BCUT2D eigenvalue weighted by molar-refractivity contribution is 0.0388. The molecule has 2 atom stereocenters. The second kappa shape index (κ2) is 6.11. The van der Waals surface area contributed by atoms with Gasteiger partial charge in [-0.1, -0.05) is 36.7 Å². The Bertz CT molecular complexity index is 301. The van der Waals surface area contributed by atoms with E-state index in [4.69, 9.17) is 22.1 Å². The van der Waals surface area contributed by atoms with Gasteiger partial charge in [0, 0.05) is 23.2 Å². The summed E-state index contributed by atoms with van der Waals surface area (Å²) in [5.41, 5.74) is 6.87. The largest absolute Gasteiger partial charge is 0.372 e. The van der Waals surface area contributed by atoms with Crippen molar-refractivity contribution in [1.82, 2.24) is 0 Å². The van der Waals surface area contributed by atoms with Gasteiger partial charge in [0.25, 0.3) is 0 Å². The smallest absolute Gasteiger partial charge is 0.0987 e. The summed E-state index contributed by atoms with van der Waals surface area (Å²) in [7, 11) is 0. The lowest BCUT2D eigenvalue weighted by Crippen LogP contribution is -2.27. The summed E-state index contributed by atoms with van der Waals surface area (Å²) in [4.78, 5) is 0. The molecule has 0 fully saturated rings. The number of halogens is 1. The van der Waals surface area contributed by atoms with Crippen LogP contribution >= 0.6 is 11.6 Å². The molecule has 0 saturated carbocycles. The molecule has 0 aliphatic carbocycles. The topological polar surface area (TPSA) is 35.2 Å². The highest BCUT2D eigenvalue weighted by Crippen LogP contribution is 2.27. The maximum absolute atomic E-state index is 6.11. The van der Waals surface area contributed by atoms with E-state index in [0.717, 1.165) is 17.0 Å². The predicted molar refractivity (Wildman–Crippen MR) is 64.1 cm³/mol. The van der Waals surface area contributed by atoms with E-state index < -0.39 is 0 Å². The van der Waals surface area contributed by atoms with Crippen LogP contribution in [-0.2, 0) is 4.74 Å². The maximum Gasteiger partial charge on any atom is 0.0987 e. The van der Waals surface area contributed by atoms with Gasteiger partial charge in [0.2, 0.25) is 0 Å². The Labute approximate surface area is 96.4 Å². The van der Waals surface area contributed by atoms with Crippen molar-refractivity contribution in [3.8, 4) is 0 Å². The molecule has 0 amide bonds. The second-order valence-electron chi connectivity index (χ2n) is 3.67. The van der Waals surface area contributed by atoms with Crippen molar-refractivity contribution in [2.45, 2.75) is 32.4 Å². The van der Waals surface area contributed by atoms with Crippen LogP contribution in [0.4, 0.5) is 0 Å². The molecule has 0 saturated heterocycles. The third kappa shape index (κ3) is 3.49. The van der Waals surface area contributed by atoms with Crippen LogP contribution in [0.25, 0.3) is 0 Å². The van der Waals surface area contributed by atoms with Gasteiger partial charge in [-0.25, -0.2) is 0 Å². The molecule has 1 aromatic rings. The summed E-state index contributed by atoms with van der Waals surface area (Å²) in [5, 5.41) is 0.718. The first-order valence-corrected chi connectivity index (χ1v) is 5.66. The fraction of sp³-hybridized carbons (Fsp3) is 0.500. The van der Waals surface area contributed by atoms with E-state index in [1.165, 1.54) is 0 Å². The van der Waals surface area contributed by atoms with Crippen LogP contribution in [0.3, 0.4) is 0 Å². The van der Waals surface area contributed by atoms with Crippen LogP contribution in [0.5, 0.6) is 0 Å². The van der Waals surface area contributed by atoms with E-state index in [1.807, 2.05) is 31.2 Å². The molecule has 0 aliphatic heterocycles. The fourth-order valence-corrected chi connectivity index (χ4v) is 1.72. The first kappa shape index (κ1) is 12.5. The van der Waals surface area contributed by atoms with Gasteiger partial charge in [0.05, 0.1) is 6.10 Å². The highest BCUT2D eigenvalue weighted by atomic mass is 35.5. The number of benzene rings is 1. The average Bonchev–Trinajstić information content (AvgIpc) is 2.20. The van der Waals surface area contributed by atoms with Crippen molar-refractivity contribution in [2.75, 3.05) is 6.61 Å². The highest BCUT2D eigenvalue weighted by Gasteiger charge is 2.18. The Hall–Kier alpha value is -0.570. The van der Waals surface area contributed by atoms with Gasteiger partial charge < -0.3 is 10.5 Å². The van der Waals surface area contributed by atoms with Crippen molar-refractivity contribution < 1.29 is 4.74 Å². The van der Waals surface area contributed by atoms with Gasteiger partial charge in [0.1, 0.15) is 0 Å². The molecule has 1 aromatic carbocycles. The molecule has 3 heteroatoms. The molecule has 2 N–H and O–H groups in total. The summed E-state index contributed by atoms with van der Waals surface area (Å²) >= 11 is 6.11. The van der Waals surface area contributed by atoms with Crippen molar-refractivity contribution in [2.24, 2.45) is 5.73 Å². The number of ether oxygens (including phenoxy) is 1. The summed E-state index contributed by atoms with van der Waals surface area (Å²) in [6.07, 6.45) is 0.867. The average molecular weight is 228 g/mol. The predicted octanol–water partition coefficient (Wildman–Crippen LogP) is 3.15. The zero-order valence-corrected chi connectivity index (χ0v) is 10.00. The van der Waals surface area contributed by atoms with Crippen LogP contribution < -0.4 is 5.73 Å². The summed E-state index contributed by atoms with van der Waals surface area (Å²) in [5.74, 6) is 0. The van der Waals surface area contributed by atoms with E-state index in [0.29, 0.717) is 6.61 Å². The lowest BCUT2D eigenvalue weighted by Gasteiger charge is -2.22. The van der Waals surface area contributed by atoms with Crippen LogP contribution in [0.15, 0.2) is 24.3 Å². The molecule has 84 valence electrons. The van der Waals surface area contributed by atoms with E-state index >= 15 is 0 Å². The van der Waals surface area contributed by atoms with E-state index in [9.17, 15) is 0 Å². The van der Waals surface area contributed by atoms with E-state index in [1.54, 1.807) is 0 Å². The SMILES string of the molecule is CCCOC(c1ccccc1Cl)C(C)N. The number of nitrogens with two attached hydrogens (primary N) is 1. The molecule has 0 aliphatic rings. The molecule has 0 radical (unpaired) electrons. The third-order valence-corrected chi connectivity index (χ3v) is 2.54. The maximum atomic E-state index is 6.11. The first-order valence-electron chi connectivity index (χ1n) is 5.28. The Morgan fingerprint density at radius 1 is 1.40 bits per heavy atom. The Balaban J connectivity index is 2.84. The number of hydrogen-bond acceptors (Lipinski definition) is 2. The van der Waals surface area contributed by atoms with Gasteiger partial charge in [-0.3, -0.25) is 0 Å². The summed E-state index contributed by atoms with van der Waals surface area (Å²) in [6, 6.07) is 7.63. The summed E-state index contributed by atoms with van der Waals surface area (Å²) in [6.45, 7) is 4.71. The summed E-state index contributed by atoms with van der Waals surface area (Å²) < 4.78 is 5.71. The second-order valence-corrected chi connectivity index (χ2v) is 4.08. The Morgan fingerprint density at radius 3 is 2.60 bits per heavy atom. The van der Waals surface area contributed by atoms with Crippen LogP contribution in [0, 0.1) is 0 Å². The van der Waals surface area contributed by atoms with E-state index in [2.05, 4.69) is 6.92 Å². The normalized spacial score (nSPS) is 14.9. The third-order valence-electron chi connectivity index (χ3n) is 2.19. The standard InChI is InChI=1S/C12H18ClNO/c1-3-8-15-12(9(2)14)10-6-4-5-7-11(10)13/h4-7,9,12H,3,8,14H2,1-2H3.